The highest BCUT2D eigenvalue weighted by molar-refractivity contribution is 7.88. The Morgan fingerprint density at radius 2 is 1.89 bits per heavy atom. The van der Waals surface area contributed by atoms with Crippen LogP contribution in [0.2, 0.25) is 0 Å². The molecule has 0 bridgehead atoms. The first kappa shape index (κ1) is 15.2. The highest BCUT2D eigenvalue weighted by Gasteiger charge is 2.43. The Balaban J connectivity index is 2.00. The Kier molecular flexibility index (Phi) is 4.55. The average Bonchev–Trinajstić information content (AvgIpc) is 2.83. The quantitative estimate of drug-likeness (QED) is 0.817. The van der Waals surface area contributed by atoms with Crippen LogP contribution in [0.5, 0.6) is 0 Å². The summed E-state index contributed by atoms with van der Waals surface area (Å²) >= 11 is 0. The van der Waals surface area contributed by atoms with Gasteiger partial charge in [-0.1, -0.05) is 13.3 Å². The molecular formula is C13H27N3O2S. The van der Waals surface area contributed by atoms with Gasteiger partial charge in [0.05, 0.1) is 6.26 Å². The summed E-state index contributed by atoms with van der Waals surface area (Å²) in [6.45, 7) is 5.80. The normalized spacial score (nSPS) is 34.8. The fraction of sp³-hybridized carbons (Fsp3) is 1.00. The summed E-state index contributed by atoms with van der Waals surface area (Å²) in [5.74, 6) is 0.788. The number of hydrogen-bond acceptors (Lipinski definition) is 4. The van der Waals surface area contributed by atoms with Gasteiger partial charge in [-0.25, -0.2) is 8.42 Å². The van der Waals surface area contributed by atoms with Crippen LogP contribution in [0, 0.1) is 5.92 Å². The zero-order valence-corrected chi connectivity index (χ0v) is 13.0. The maximum Gasteiger partial charge on any atom is 0.211 e. The van der Waals surface area contributed by atoms with Crippen LogP contribution in [0.1, 0.15) is 32.6 Å². The van der Waals surface area contributed by atoms with E-state index in [9.17, 15) is 8.42 Å². The van der Waals surface area contributed by atoms with E-state index in [0.29, 0.717) is 19.6 Å². The van der Waals surface area contributed by atoms with Crippen LogP contribution in [-0.2, 0) is 10.0 Å². The Morgan fingerprint density at radius 3 is 2.32 bits per heavy atom. The molecule has 2 rings (SSSR count). The predicted molar refractivity (Wildman–Crippen MR) is 77.4 cm³/mol. The van der Waals surface area contributed by atoms with Crippen molar-refractivity contribution >= 4 is 10.0 Å². The fourth-order valence-corrected chi connectivity index (χ4v) is 4.49. The van der Waals surface area contributed by atoms with Crippen molar-refractivity contribution in [3.63, 3.8) is 0 Å². The summed E-state index contributed by atoms with van der Waals surface area (Å²) < 4.78 is 24.7. The van der Waals surface area contributed by atoms with Gasteiger partial charge in [0, 0.05) is 38.3 Å². The molecule has 0 amide bonds. The third-order valence-electron chi connectivity index (χ3n) is 5.02. The lowest BCUT2D eigenvalue weighted by atomic mass is 9.92. The molecule has 6 heteroatoms. The van der Waals surface area contributed by atoms with Gasteiger partial charge < -0.3 is 5.73 Å². The zero-order chi connectivity index (χ0) is 14.1. The minimum atomic E-state index is -3.04. The predicted octanol–water partition coefficient (Wildman–Crippen LogP) is 0.471. The van der Waals surface area contributed by atoms with Crippen LogP contribution in [0.15, 0.2) is 0 Å². The van der Waals surface area contributed by atoms with E-state index in [2.05, 4.69) is 11.8 Å². The summed E-state index contributed by atoms with van der Waals surface area (Å²) in [6, 6.07) is 0. The van der Waals surface area contributed by atoms with E-state index < -0.39 is 10.0 Å². The Hall–Kier alpha value is -0.170. The summed E-state index contributed by atoms with van der Waals surface area (Å²) in [7, 11) is -3.04. The molecule has 5 nitrogen and oxygen atoms in total. The molecule has 1 aliphatic heterocycles. The minimum absolute atomic E-state index is 0.129. The van der Waals surface area contributed by atoms with E-state index in [1.54, 1.807) is 4.31 Å². The molecule has 0 aromatic heterocycles. The average molecular weight is 289 g/mol. The molecule has 0 aromatic rings. The molecule has 19 heavy (non-hydrogen) atoms. The van der Waals surface area contributed by atoms with Crippen molar-refractivity contribution < 1.29 is 8.42 Å². The van der Waals surface area contributed by atoms with Gasteiger partial charge >= 0.3 is 0 Å². The Morgan fingerprint density at radius 1 is 1.26 bits per heavy atom. The summed E-state index contributed by atoms with van der Waals surface area (Å²) in [5, 5.41) is 0. The van der Waals surface area contributed by atoms with E-state index in [4.69, 9.17) is 5.73 Å². The maximum absolute atomic E-state index is 11.5. The number of piperazine rings is 1. The highest BCUT2D eigenvalue weighted by atomic mass is 32.2. The van der Waals surface area contributed by atoms with Crippen LogP contribution >= 0.6 is 0 Å². The fourth-order valence-electron chi connectivity index (χ4n) is 3.66. The lowest BCUT2D eigenvalue weighted by molar-refractivity contribution is 0.0603. The second kappa shape index (κ2) is 5.68. The first-order valence-corrected chi connectivity index (χ1v) is 9.16. The molecule has 112 valence electrons. The molecule has 0 aromatic carbocycles. The van der Waals surface area contributed by atoms with Crippen LogP contribution in [0.25, 0.3) is 0 Å². The lowest BCUT2D eigenvalue weighted by Crippen LogP contribution is -2.59. The van der Waals surface area contributed by atoms with Crippen molar-refractivity contribution in [3.8, 4) is 0 Å². The highest BCUT2D eigenvalue weighted by Crippen LogP contribution is 2.40. The second-order valence-electron chi connectivity index (χ2n) is 6.09. The summed E-state index contributed by atoms with van der Waals surface area (Å²) in [5.41, 5.74) is 6.19. The van der Waals surface area contributed by atoms with Crippen LogP contribution < -0.4 is 5.73 Å². The molecule has 2 unspecified atom stereocenters. The number of hydrogen-bond donors (Lipinski definition) is 1. The molecule has 0 spiro atoms. The van der Waals surface area contributed by atoms with E-state index in [0.717, 1.165) is 19.0 Å². The van der Waals surface area contributed by atoms with Gasteiger partial charge in [0.25, 0.3) is 0 Å². The van der Waals surface area contributed by atoms with Crippen LogP contribution in [0.3, 0.4) is 0 Å². The van der Waals surface area contributed by atoms with Crippen molar-refractivity contribution in [1.29, 1.82) is 0 Å². The number of nitrogens with two attached hydrogens (primary N) is 1. The van der Waals surface area contributed by atoms with Crippen molar-refractivity contribution in [2.75, 3.05) is 39.0 Å². The van der Waals surface area contributed by atoms with Gasteiger partial charge in [-0.05, 0) is 25.2 Å². The molecule has 2 atom stereocenters. The second-order valence-corrected chi connectivity index (χ2v) is 8.08. The van der Waals surface area contributed by atoms with E-state index in [-0.39, 0.29) is 5.54 Å². The van der Waals surface area contributed by atoms with Crippen molar-refractivity contribution in [2.24, 2.45) is 11.7 Å². The largest absolute Gasteiger partial charge is 0.329 e. The molecule has 1 saturated heterocycles. The van der Waals surface area contributed by atoms with Crippen LogP contribution in [0.4, 0.5) is 0 Å². The lowest BCUT2D eigenvalue weighted by Gasteiger charge is -2.45. The molecule has 0 radical (unpaired) electrons. The van der Waals surface area contributed by atoms with Crippen molar-refractivity contribution in [3.05, 3.63) is 0 Å². The van der Waals surface area contributed by atoms with Crippen molar-refractivity contribution in [2.45, 2.75) is 38.1 Å². The maximum atomic E-state index is 11.5. The molecule has 2 N–H and O–H groups in total. The van der Waals surface area contributed by atoms with E-state index in [1.807, 2.05) is 0 Å². The SMILES string of the molecule is CCC1CCC(CN)(N2CCN(S(C)(=O)=O)CC2)C1. The van der Waals surface area contributed by atoms with Gasteiger partial charge in [0.15, 0.2) is 0 Å². The number of rotatable bonds is 4. The summed E-state index contributed by atoms with van der Waals surface area (Å²) in [4.78, 5) is 2.45. The molecule has 1 saturated carbocycles. The van der Waals surface area contributed by atoms with Gasteiger partial charge in [0.2, 0.25) is 10.0 Å². The smallest absolute Gasteiger partial charge is 0.211 e. The van der Waals surface area contributed by atoms with Crippen LogP contribution in [-0.4, -0.2) is 62.1 Å². The molecule has 1 aliphatic carbocycles. The molecule has 2 fully saturated rings. The van der Waals surface area contributed by atoms with E-state index >= 15 is 0 Å². The first-order valence-electron chi connectivity index (χ1n) is 7.31. The summed E-state index contributed by atoms with van der Waals surface area (Å²) in [6.07, 6.45) is 6.13. The minimum Gasteiger partial charge on any atom is -0.329 e. The van der Waals surface area contributed by atoms with Gasteiger partial charge in [-0.3, -0.25) is 4.90 Å². The molecule has 2 aliphatic rings. The first-order chi connectivity index (χ1) is 8.91. The Bertz CT molecular complexity index is 404. The molecular weight excluding hydrogens is 262 g/mol. The monoisotopic (exact) mass is 289 g/mol. The topological polar surface area (TPSA) is 66.6 Å². The van der Waals surface area contributed by atoms with Gasteiger partial charge in [-0.15, -0.1) is 0 Å². The molecule has 1 heterocycles. The standard InChI is InChI=1S/C13H27N3O2S/c1-3-12-4-5-13(10-12,11-14)15-6-8-16(9-7-15)19(2,17)18/h12H,3-11,14H2,1-2H3. The third kappa shape index (κ3) is 3.12. The number of sulfonamides is 1. The zero-order valence-electron chi connectivity index (χ0n) is 12.1. The Labute approximate surface area is 117 Å². The van der Waals surface area contributed by atoms with E-state index in [1.165, 1.54) is 31.9 Å². The van der Waals surface area contributed by atoms with Crippen molar-refractivity contribution in [1.82, 2.24) is 9.21 Å². The van der Waals surface area contributed by atoms with Gasteiger partial charge in [-0.2, -0.15) is 4.31 Å². The van der Waals surface area contributed by atoms with Gasteiger partial charge in [0.1, 0.15) is 0 Å². The number of nitrogens with zero attached hydrogens (tertiary/aromatic N) is 2. The third-order valence-corrected chi connectivity index (χ3v) is 6.33.